The molecule has 0 aliphatic carbocycles. The maximum absolute atomic E-state index is 12.1. The van der Waals surface area contributed by atoms with Gasteiger partial charge < -0.3 is 9.26 Å². The summed E-state index contributed by atoms with van der Waals surface area (Å²) in [6.45, 7) is 0. The van der Waals surface area contributed by atoms with E-state index >= 15 is 0 Å². The minimum atomic E-state index is -0.439. The molecule has 0 saturated heterocycles. The second kappa shape index (κ2) is 6.57. The largest absolute Gasteiger partial charge is 0.423 e. The maximum atomic E-state index is 12.1. The van der Waals surface area contributed by atoms with E-state index in [4.69, 9.17) is 9.26 Å². The van der Waals surface area contributed by atoms with Crippen LogP contribution in [0.25, 0.3) is 11.0 Å². The molecule has 0 amide bonds. The summed E-state index contributed by atoms with van der Waals surface area (Å²) in [6.07, 6.45) is 3.78. The molecular formula is C20H14N2O3. The van der Waals surface area contributed by atoms with Crippen LogP contribution in [-0.2, 0) is 6.42 Å². The Morgan fingerprint density at radius 1 is 1.00 bits per heavy atom. The quantitative estimate of drug-likeness (QED) is 0.417. The topological polar surface area (TPSA) is 65.2 Å². The summed E-state index contributed by atoms with van der Waals surface area (Å²) in [4.78, 5) is 16.0. The Bertz CT molecular complexity index is 1010. The van der Waals surface area contributed by atoms with Crippen LogP contribution in [0.5, 0.6) is 5.75 Å². The molecule has 0 radical (unpaired) electrons. The molecular weight excluding hydrogens is 316 g/mol. The number of aromatic nitrogens is 2. The van der Waals surface area contributed by atoms with Crippen LogP contribution in [0.1, 0.15) is 21.6 Å². The van der Waals surface area contributed by atoms with Gasteiger partial charge in [-0.25, -0.2) is 4.79 Å². The van der Waals surface area contributed by atoms with E-state index in [9.17, 15) is 4.79 Å². The Hall–Kier alpha value is -3.47. The van der Waals surface area contributed by atoms with Crippen molar-refractivity contribution in [3.8, 4) is 5.75 Å². The number of hydrogen-bond acceptors (Lipinski definition) is 5. The van der Waals surface area contributed by atoms with Crippen LogP contribution in [0, 0.1) is 0 Å². The van der Waals surface area contributed by atoms with Crippen LogP contribution in [-0.4, -0.2) is 16.1 Å². The van der Waals surface area contributed by atoms with Crippen molar-refractivity contribution in [2.24, 2.45) is 0 Å². The lowest BCUT2D eigenvalue weighted by Crippen LogP contribution is -2.08. The monoisotopic (exact) mass is 330 g/mol. The highest BCUT2D eigenvalue weighted by molar-refractivity contribution is 5.91. The fourth-order valence-corrected chi connectivity index (χ4v) is 2.60. The predicted octanol–water partition coefficient (Wildman–Crippen LogP) is 4.03. The number of carbonyl (C=O) groups is 1. The summed E-state index contributed by atoms with van der Waals surface area (Å²) < 4.78 is 10.8. The molecule has 5 nitrogen and oxygen atoms in total. The van der Waals surface area contributed by atoms with Crippen LogP contribution in [0.4, 0.5) is 0 Å². The van der Waals surface area contributed by atoms with Gasteiger partial charge >= 0.3 is 5.97 Å². The van der Waals surface area contributed by atoms with E-state index in [1.165, 1.54) is 0 Å². The maximum Gasteiger partial charge on any atom is 0.343 e. The lowest BCUT2D eigenvalue weighted by atomic mass is 10.1. The van der Waals surface area contributed by atoms with Crippen molar-refractivity contribution in [2.45, 2.75) is 6.42 Å². The molecule has 4 aromatic rings. The van der Waals surface area contributed by atoms with Gasteiger partial charge in [-0.05, 0) is 29.8 Å². The van der Waals surface area contributed by atoms with Gasteiger partial charge in [0.15, 0.2) is 5.58 Å². The van der Waals surface area contributed by atoms with Crippen LogP contribution in [0.2, 0.25) is 0 Å². The summed E-state index contributed by atoms with van der Waals surface area (Å²) in [6, 6.07) is 18.6. The summed E-state index contributed by atoms with van der Waals surface area (Å²) in [7, 11) is 0. The number of benzene rings is 2. The Balaban J connectivity index is 1.56. The van der Waals surface area contributed by atoms with Gasteiger partial charge in [-0.3, -0.25) is 4.98 Å². The first-order valence-electron chi connectivity index (χ1n) is 7.84. The Morgan fingerprint density at radius 2 is 1.80 bits per heavy atom. The molecule has 2 heterocycles. The van der Waals surface area contributed by atoms with Crippen LogP contribution >= 0.6 is 0 Å². The third-order valence-corrected chi connectivity index (χ3v) is 3.86. The van der Waals surface area contributed by atoms with Crippen molar-refractivity contribution in [1.82, 2.24) is 10.1 Å². The number of esters is 1. The zero-order valence-electron chi connectivity index (χ0n) is 13.3. The minimum Gasteiger partial charge on any atom is -0.423 e. The van der Waals surface area contributed by atoms with Crippen LogP contribution < -0.4 is 4.74 Å². The number of ether oxygens (including phenoxy) is 1. The lowest BCUT2D eigenvalue weighted by Gasteiger charge is -2.03. The standard InChI is InChI=1S/C20H14N2O3/c23-20(15-8-10-21-11-9-15)24-16-6-7-17-18(22-25-19(17)13-16)12-14-4-2-1-3-5-14/h1-11,13H,12H2. The van der Waals surface area contributed by atoms with Crippen molar-refractivity contribution in [3.63, 3.8) is 0 Å². The highest BCUT2D eigenvalue weighted by atomic mass is 16.5. The molecule has 4 rings (SSSR count). The van der Waals surface area contributed by atoms with E-state index in [1.54, 1.807) is 36.7 Å². The summed E-state index contributed by atoms with van der Waals surface area (Å²) >= 11 is 0. The fraction of sp³-hybridized carbons (Fsp3) is 0.0500. The molecule has 2 aromatic carbocycles. The van der Waals surface area contributed by atoms with E-state index in [0.29, 0.717) is 23.3 Å². The molecule has 0 aliphatic heterocycles. The van der Waals surface area contributed by atoms with Gasteiger partial charge in [0.05, 0.1) is 11.3 Å². The van der Waals surface area contributed by atoms with Gasteiger partial charge in [0.2, 0.25) is 0 Å². The lowest BCUT2D eigenvalue weighted by molar-refractivity contribution is 0.0735. The van der Waals surface area contributed by atoms with Crippen LogP contribution in [0.15, 0.2) is 77.6 Å². The average molecular weight is 330 g/mol. The van der Waals surface area contributed by atoms with Crippen molar-refractivity contribution in [2.75, 3.05) is 0 Å². The van der Waals surface area contributed by atoms with E-state index in [-0.39, 0.29) is 0 Å². The Kier molecular flexibility index (Phi) is 3.96. The molecule has 2 aromatic heterocycles. The van der Waals surface area contributed by atoms with E-state index in [0.717, 1.165) is 16.6 Å². The molecule has 0 N–H and O–H groups in total. The molecule has 0 aliphatic rings. The number of nitrogens with zero attached hydrogens (tertiary/aromatic N) is 2. The van der Waals surface area contributed by atoms with Crippen molar-refractivity contribution < 1.29 is 14.1 Å². The minimum absolute atomic E-state index is 0.414. The van der Waals surface area contributed by atoms with Crippen molar-refractivity contribution in [3.05, 3.63) is 89.9 Å². The average Bonchev–Trinajstić information content (AvgIpc) is 3.05. The van der Waals surface area contributed by atoms with Crippen molar-refractivity contribution >= 4 is 16.9 Å². The second-order valence-corrected chi connectivity index (χ2v) is 5.58. The number of hydrogen-bond donors (Lipinski definition) is 0. The molecule has 0 fully saturated rings. The molecule has 0 spiro atoms. The molecule has 0 bridgehead atoms. The van der Waals surface area contributed by atoms with Gasteiger partial charge in [0, 0.05) is 30.3 Å². The first-order chi connectivity index (χ1) is 12.3. The number of rotatable bonds is 4. The number of fused-ring (bicyclic) bond motifs is 1. The van der Waals surface area contributed by atoms with Gasteiger partial charge in [-0.15, -0.1) is 0 Å². The first kappa shape index (κ1) is 15.1. The summed E-state index contributed by atoms with van der Waals surface area (Å²) in [5.41, 5.74) is 3.04. The summed E-state index contributed by atoms with van der Waals surface area (Å²) in [5, 5.41) is 5.06. The van der Waals surface area contributed by atoms with Gasteiger partial charge in [-0.1, -0.05) is 35.5 Å². The van der Waals surface area contributed by atoms with Crippen LogP contribution in [0.3, 0.4) is 0 Å². The first-order valence-corrected chi connectivity index (χ1v) is 7.84. The zero-order chi connectivity index (χ0) is 17.1. The molecule has 0 saturated carbocycles. The second-order valence-electron chi connectivity index (χ2n) is 5.58. The van der Waals surface area contributed by atoms with Crippen molar-refractivity contribution in [1.29, 1.82) is 0 Å². The molecule has 122 valence electrons. The zero-order valence-corrected chi connectivity index (χ0v) is 13.3. The number of carbonyl (C=O) groups excluding carboxylic acids is 1. The molecule has 0 atom stereocenters. The Morgan fingerprint density at radius 3 is 2.60 bits per heavy atom. The number of pyridine rings is 1. The highest BCUT2D eigenvalue weighted by Crippen LogP contribution is 2.25. The highest BCUT2D eigenvalue weighted by Gasteiger charge is 2.13. The normalized spacial score (nSPS) is 10.7. The molecule has 5 heteroatoms. The SMILES string of the molecule is O=C(Oc1ccc2c(Cc3ccccc3)noc2c1)c1ccncc1. The third-order valence-electron chi connectivity index (χ3n) is 3.86. The van der Waals surface area contributed by atoms with Gasteiger partial charge in [0.1, 0.15) is 5.75 Å². The van der Waals surface area contributed by atoms with E-state index in [2.05, 4.69) is 10.1 Å². The van der Waals surface area contributed by atoms with E-state index in [1.807, 2.05) is 36.4 Å². The van der Waals surface area contributed by atoms with Gasteiger partial charge in [-0.2, -0.15) is 0 Å². The summed E-state index contributed by atoms with van der Waals surface area (Å²) in [5.74, 6) is -0.0255. The molecule has 0 unspecified atom stereocenters. The van der Waals surface area contributed by atoms with Gasteiger partial charge in [0.25, 0.3) is 0 Å². The third kappa shape index (κ3) is 3.26. The fourth-order valence-electron chi connectivity index (χ4n) is 2.60. The molecule has 25 heavy (non-hydrogen) atoms. The predicted molar refractivity (Wildman–Crippen MR) is 92.5 cm³/mol. The Labute approximate surface area is 143 Å². The smallest absolute Gasteiger partial charge is 0.343 e. The van der Waals surface area contributed by atoms with E-state index < -0.39 is 5.97 Å².